The summed E-state index contributed by atoms with van der Waals surface area (Å²) in [5.74, 6) is 0. The van der Waals surface area contributed by atoms with Crippen LogP contribution in [0.5, 0.6) is 0 Å². The van der Waals surface area contributed by atoms with Crippen molar-refractivity contribution in [2.75, 3.05) is 0 Å². The van der Waals surface area contributed by atoms with E-state index in [-0.39, 0.29) is 18.4 Å². The number of hydrogen-bond acceptors (Lipinski definition) is 2. The molecular formula is C6H10ClNS. The van der Waals surface area contributed by atoms with E-state index in [9.17, 15) is 0 Å². The van der Waals surface area contributed by atoms with Crippen molar-refractivity contribution in [3.05, 3.63) is 22.4 Å². The van der Waals surface area contributed by atoms with Crippen molar-refractivity contribution in [3.63, 3.8) is 0 Å². The number of halogens is 1. The first kappa shape index (κ1) is 8.95. The number of thiophene rings is 1. The molecule has 0 aliphatic heterocycles. The molecule has 0 bridgehead atoms. The van der Waals surface area contributed by atoms with Gasteiger partial charge in [-0.25, -0.2) is 0 Å². The second-order valence-electron chi connectivity index (χ2n) is 1.80. The first-order valence-electron chi connectivity index (χ1n) is 2.59. The maximum Gasteiger partial charge on any atom is 0.0360 e. The lowest BCUT2D eigenvalue weighted by molar-refractivity contribution is 0.838. The molecule has 1 aromatic rings. The van der Waals surface area contributed by atoms with E-state index in [4.69, 9.17) is 5.73 Å². The standard InChI is InChI=1S/C6H9NS.ClH/c1-5(7)6-3-2-4-8-6;/h2-5H,7H2,1H3;1H/t5-;/m0./s1. The fourth-order valence-electron chi connectivity index (χ4n) is 0.550. The highest BCUT2D eigenvalue weighted by Crippen LogP contribution is 2.14. The molecule has 0 aliphatic rings. The van der Waals surface area contributed by atoms with Crippen LogP contribution in [0.15, 0.2) is 17.5 Å². The van der Waals surface area contributed by atoms with Gasteiger partial charge < -0.3 is 5.73 Å². The molecule has 1 nitrogen and oxygen atoms in total. The summed E-state index contributed by atoms with van der Waals surface area (Å²) in [6.07, 6.45) is 0. The molecule has 0 spiro atoms. The molecule has 0 aliphatic carbocycles. The highest BCUT2D eigenvalue weighted by molar-refractivity contribution is 7.10. The fraction of sp³-hybridized carbons (Fsp3) is 0.333. The zero-order chi connectivity index (χ0) is 5.98. The van der Waals surface area contributed by atoms with Crippen LogP contribution < -0.4 is 5.73 Å². The normalized spacial score (nSPS) is 12.2. The van der Waals surface area contributed by atoms with Crippen molar-refractivity contribution in [2.45, 2.75) is 13.0 Å². The first-order chi connectivity index (χ1) is 3.80. The van der Waals surface area contributed by atoms with E-state index in [1.807, 2.05) is 18.4 Å². The van der Waals surface area contributed by atoms with Gasteiger partial charge in [0.05, 0.1) is 0 Å². The Kier molecular flexibility index (Phi) is 3.86. The lowest BCUT2D eigenvalue weighted by atomic mass is 10.3. The van der Waals surface area contributed by atoms with Gasteiger partial charge in [0.2, 0.25) is 0 Å². The largest absolute Gasteiger partial charge is 0.324 e. The van der Waals surface area contributed by atoms with Gasteiger partial charge in [-0.15, -0.1) is 23.7 Å². The third-order valence-electron chi connectivity index (χ3n) is 0.992. The molecule has 1 atom stereocenters. The number of nitrogens with two attached hydrogens (primary N) is 1. The average molecular weight is 164 g/mol. The van der Waals surface area contributed by atoms with Crippen LogP contribution >= 0.6 is 23.7 Å². The van der Waals surface area contributed by atoms with Gasteiger partial charge in [0.1, 0.15) is 0 Å². The zero-order valence-electron chi connectivity index (χ0n) is 5.20. The van der Waals surface area contributed by atoms with Crippen LogP contribution in [-0.4, -0.2) is 0 Å². The molecule has 0 saturated heterocycles. The summed E-state index contributed by atoms with van der Waals surface area (Å²) in [6, 6.07) is 4.27. The van der Waals surface area contributed by atoms with E-state index < -0.39 is 0 Å². The van der Waals surface area contributed by atoms with Gasteiger partial charge >= 0.3 is 0 Å². The predicted molar refractivity (Wildman–Crippen MR) is 44.2 cm³/mol. The topological polar surface area (TPSA) is 26.0 Å². The average Bonchev–Trinajstić information content (AvgIpc) is 2.12. The summed E-state index contributed by atoms with van der Waals surface area (Å²) in [5, 5.41) is 2.04. The van der Waals surface area contributed by atoms with Gasteiger partial charge in [-0.1, -0.05) is 6.07 Å². The van der Waals surface area contributed by atoms with E-state index in [0.29, 0.717) is 0 Å². The van der Waals surface area contributed by atoms with Crippen molar-refractivity contribution < 1.29 is 0 Å². The smallest absolute Gasteiger partial charge is 0.0360 e. The van der Waals surface area contributed by atoms with Crippen LogP contribution in [0.4, 0.5) is 0 Å². The monoisotopic (exact) mass is 163 g/mol. The van der Waals surface area contributed by atoms with Crippen LogP contribution in [0.2, 0.25) is 0 Å². The van der Waals surface area contributed by atoms with Crippen LogP contribution in [0.25, 0.3) is 0 Å². The molecule has 0 amide bonds. The van der Waals surface area contributed by atoms with Gasteiger partial charge in [0.15, 0.2) is 0 Å². The molecule has 1 aromatic heterocycles. The van der Waals surface area contributed by atoms with Crippen molar-refractivity contribution >= 4 is 23.7 Å². The maximum absolute atomic E-state index is 5.57. The summed E-state index contributed by atoms with van der Waals surface area (Å²) in [6.45, 7) is 1.99. The predicted octanol–water partition coefficient (Wildman–Crippen LogP) is 2.19. The molecule has 9 heavy (non-hydrogen) atoms. The van der Waals surface area contributed by atoms with Crippen LogP contribution in [0.3, 0.4) is 0 Å². The van der Waals surface area contributed by atoms with Crippen molar-refractivity contribution in [2.24, 2.45) is 5.73 Å². The summed E-state index contributed by atoms with van der Waals surface area (Å²) >= 11 is 1.71. The molecule has 0 unspecified atom stereocenters. The van der Waals surface area contributed by atoms with Crippen molar-refractivity contribution in [1.29, 1.82) is 0 Å². The minimum absolute atomic E-state index is 0. The van der Waals surface area contributed by atoms with Crippen molar-refractivity contribution in [3.8, 4) is 0 Å². The fourth-order valence-corrected chi connectivity index (χ4v) is 1.24. The third kappa shape index (κ3) is 2.35. The lowest BCUT2D eigenvalue weighted by Crippen LogP contribution is -2.01. The Morgan fingerprint density at radius 3 is 2.56 bits per heavy atom. The SMILES string of the molecule is C[C@H](N)c1cccs1.Cl. The Hall–Kier alpha value is -0.0500. The van der Waals surface area contributed by atoms with E-state index in [1.165, 1.54) is 4.88 Å². The second-order valence-corrected chi connectivity index (χ2v) is 2.78. The summed E-state index contributed by atoms with van der Waals surface area (Å²) in [7, 11) is 0. The van der Waals surface area contributed by atoms with Gasteiger partial charge in [-0.05, 0) is 18.4 Å². The molecule has 0 fully saturated rings. The minimum atomic E-state index is 0. The number of hydrogen-bond donors (Lipinski definition) is 1. The highest BCUT2D eigenvalue weighted by Gasteiger charge is 1.95. The maximum atomic E-state index is 5.57. The summed E-state index contributed by atoms with van der Waals surface area (Å²) in [5.41, 5.74) is 5.57. The molecule has 52 valence electrons. The van der Waals surface area contributed by atoms with Gasteiger partial charge in [0, 0.05) is 10.9 Å². The van der Waals surface area contributed by atoms with E-state index in [1.54, 1.807) is 11.3 Å². The van der Waals surface area contributed by atoms with Gasteiger partial charge in [-0.3, -0.25) is 0 Å². The molecule has 1 heterocycles. The third-order valence-corrected chi connectivity index (χ3v) is 2.07. The van der Waals surface area contributed by atoms with E-state index >= 15 is 0 Å². The van der Waals surface area contributed by atoms with Crippen LogP contribution in [-0.2, 0) is 0 Å². The first-order valence-corrected chi connectivity index (χ1v) is 3.47. The van der Waals surface area contributed by atoms with Crippen molar-refractivity contribution in [1.82, 2.24) is 0 Å². The van der Waals surface area contributed by atoms with E-state index in [0.717, 1.165) is 0 Å². The van der Waals surface area contributed by atoms with Crippen LogP contribution in [0.1, 0.15) is 17.8 Å². The van der Waals surface area contributed by atoms with Gasteiger partial charge in [0.25, 0.3) is 0 Å². The number of rotatable bonds is 1. The van der Waals surface area contributed by atoms with Gasteiger partial charge in [-0.2, -0.15) is 0 Å². The Morgan fingerprint density at radius 1 is 1.67 bits per heavy atom. The molecule has 3 heteroatoms. The Labute approximate surface area is 65.3 Å². The molecule has 2 N–H and O–H groups in total. The summed E-state index contributed by atoms with van der Waals surface area (Å²) < 4.78 is 0. The molecule has 0 radical (unpaired) electrons. The molecule has 0 saturated carbocycles. The van der Waals surface area contributed by atoms with E-state index in [2.05, 4.69) is 6.07 Å². The minimum Gasteiger partial charge on any atom is -0.324 e. The highest BCUT2D eigenvalue weighted by atomic mass is 35.5. The lowest BCUT2D eigenvalue weighted by Gasteiger charge is -1.96. The molecule has 1 rings (SSSR count). The Morgan fingerprint density at radius 2 is 2.33 bits per heavy atom. The summed E-state index contributed by atoms with van der Waals surface area (Å²) in [4.78, 5) is 1.25. The Bertz CT molecular complexity index is 148. The molecular weight excluding hydrogens is 154 g/mol. The zero-order valence-corrected chi connectivity index (χ0v) is 6.84. The Balaban J connectivity index is 0.000000640. The molecule has 0 aromatic carbocycles. The quantitative estimate of drug-likeness (QED) is 0.675. The van der Waals surface area contributed by atoms with Crippen LogP contribution in [0, 0.1) is 0 Å². The second kappa shape index (κ2) is 3.88.